The van der Waals surface area contributed by atoms with Crippen molar-refractivity contribution < 1.29 is 14.7 Å². The Balaban J connectivity index is 2.40. The van der Waals surface area contributed by atoms with Crippen LogP contribution in [0.2, 0.25) is 0 Å². The predicted octanol–water partition coefficient (Wildman–Crippen LogP) is 0.910. The molecule has 2 N–H and O–H groups in total. The van der Waals surface area contributed by atoms with Crippen LogP contribution in [0.5, 0.6) is 0 Å². The van der Waals surface area contributed by atoms with Gasteiger partial charge in [-0.05, 0) is 6.92 Å². The van der Waals surface area contributed by atoms with Gasteiger partial charge in [0.2, 0.25) is 0 Å². The molecule has 0 radical (unpaired) electrons. The van der Waals surface area contributed by atoms with Crippen LogP contribution in [0.15, 0.2) is 0 Å². The molecule has 18 heavy (non-hydrogen) atoms. The van der Waals surface area contributed by atoms with Gasteiger partial charge in [-0.15, -0.1) is 29.9 Å². The lowest BCUT2D eigenvalue weighted by Gasteiger charge is -2.25. The van der Waals surface area contributed by atoms with Crippen LogP contribution in [-0.2, 0) is 4.79 Å². The minimum atomic E-state index is -0.955. The average molecular weight is 288 g/mol. The summed E-state index contributed by atoms with van der Waals surface area (Å²) in [7, 11) is 0. The molecule has 5 nitrogen and oxygen atoms in total. The quantitative estimate of drug-likeness (QED) is 0.581. The number of carbonyl (C=O) groups excluding carboxylic acids is 1. The molecular formula is C11H16N2O3S2. The molecule has 0 bridgehead atoms. The van der Waals surface area contributed by atoms with Gasteiger partial charge < -0.3 is 10.4 Å². The third kappa shape index (κ3) is 4.03. The lowest BCUT2D eigenvalue weighted by Crippen LogP contribution is -2.49. The van der Waals surface area contributed by atoms with E-state index >= 15 is 0 Å². The molecule has 2 amide bonds. The summed E-state index contributed by atoms with van der Waals surface area (Å²) in [4.78, 5) is 24.3. The molecule has 100 valence electrons. The van der Waals surface area contributed by atoms with Gasteiger partial charge in [-0.2, -0.15) is 0 Å². The summed E-state index contributed by atoms with van der Waals surface area (Å²) >= 11 is 3.02. The molecule has 1 heterocycles. The first-order valence-corrected chi connectivity index (χ1v) is 7.70. The molecule has 1 fully saturated rings. The average Bonchev–Trinajstić information content (AvgIpc) is 2.71. The van der Waals surface area contributed by atoms with E-state index in [0.717, 1.165) is 5.75 Å². The molecule has 1 aliphatic heterocycles. The second kappa shape index (κ2) is 7.44. The van der Waals surface area contributed by atoms with Crippen molar-refractivity contribution in [2.45, 2.75) is 18.3 Å². The van der Waals surface area contributed by atoms with Crippen LogP contribution in [0.3, 0.4) is 0 Å². The largest absolute Gasteiger partial charge is 0.480 e. The summed E-state index contributed by atoms with van der Waals surface area (Å²) in [6.07, 6.45) is 5.11. The van der Waals surface area contributed by atoms with Gasteiger partial charge in [0.05, 0.1) is 11.1 Å². The number of urea groups is 1. The van der Waals surface area contributed by atoms with Crippen LogP contribution >= 0.6 is 23.5 Å². The highest BCUT2D eigenvalue weighted by molar-refractivity contribution is 8.00. The zero-order valence-electron chi connectivity index (χ0n) is 10.1. The van der Waals surface area contributed by atoms with E-state index in [1.807, 2.05) is 6.92 Å². The molecule has 7 heteroatoms. The first-order chi connectivity index (χ1) is 8.57. The minimum absolute atomic E-state index is 0.107. The SMILES string of the molecule is C#CCSCCNC(=O)N1C(C)SCC1C(=O)O. The molecule has 1 saturated heterocycles. The van der Waals surface area contributed by atoms with Crippen molar-refractivity contribution in [2.24, 2.45) is 0 Å². The molecule has 2 unspecified atom stereocenters. The fourth-order valence-electron chi connectivity index (χ4n) is 1.59. The highest BCUT2D eigenvalue weighted by Gasteiger charge is 2.39. The van der Waals surface area contributed by atoms with Gasteiger partial charge in [0.15, 0.2) is 0 Å². The number of hydrogen-bond acceptors (Lipinski definition) is 4. The van der Waals surface area contributed by atoms with E-state index in [1.54, 1.807) is 11.8 Å². The number of carboxylic acids is 1. The Kier molecular flexibility index (Phi) is 6.22. The number of aliphatic carboxylic acids is 1. The predicted molar refractivity (Wildman–Crippen MR) is 74.7 cm³/mol. The van der Waals surface area contributed by atoms with Crippen LogP contribution in [0, 0.1) is 12.3 Å². The van der Waals surface area contributed by atoms with Crippen molar-refractivity contribution in [3.8, 4) is 12.3 Å². The van der Waals surface area contributed by atoms with Crippen LogP contribution in [0.25, 0.3) is 0 Å². The van der Waals surface area contributed by atoms with Crippen molar-refractivity contribution in [3.05, 3.63) is 0 Å². The van der Waals surface area contributed by atoms with Gasteiger partial charge in [0, 0.05) is 18.1 Å². The Labute approximate surface area is 115 Å². The summed E-state index contributed by atoms with van der Waals surface area (Å²) in [5.41, 5.74) is 0. The van der Waals surface area contributed by atoms with E-state index < -0.39 is 12.0 Å². The van der Waals surface area contributed by atoms with E-state index in [-0.39, 0.29) is 11.4 Å². The first-order valence-electron chi connectivity index (χ1n) is 5.49. The van der Waals surface area contributed by atoms with Crippen molar-refractivity contribution in [3.63, 3.8) is 0 Å². The van der Waals surface area contributed by atoms with E-state index in [4.69, 9.17) is 11.5 Å². The molecule has 1 aliphatic rings. The number of carbonyl (C=O) groups is 2. The van der Waals surface area contributed by atoms with Crippen molar-refractivity contribution in [1.82, 2.24) is 10.2 Å². The topological polar surface area (TPSA) is 69.6 Å². The Morgan fingerprint density at radius 1 is 1.67 bits per heavy atom. The number of terminal acetylenes is 1. The van der Waals surface area contributed by atoms with Gasteiger partial charge in [-0.3, -0.25) is 4.90 Å². The number of rotatable bonds is 5. The Hall–Kier alpha value is -1.00. The van der Waals surface area contributed by atoms with Gasteiger partial charge in [0.1, 0.15) is 6.04 Å². The number of nitrogens with zero attached hydrogens (tertiary/aromatic N) is 1. The molecule has 0 aliphatic carbocycles. The van der Waals surface area contributed by atoms with Gasteiger partial charge >= 0.3 is 12.0 Å². The third-order valence-electron chi connectivity index (χ3n) is 2.45. The van der Waals surface area contributed by atoms with Crippen LogP contribution < -0.4 is 5.32 Å². The second-order valence-corrected chi connectivity index (χ2v) is 6.14. The molecule has 2 atom stereocenters. The number of amides is 2. The van der Waals surface area contributed by atoms with Crippen LogP contribution in [0.4, 0.5) is 4.79 Å². The summed E-state index contributed by atoms with van der Waals surface area (Å²) in [5, 5.41) is 11.6. The van der Waals surface area contributed by atoms with Crippen molar-refractivity contribution >= 4 is 35.5 Å². The van der Waals surface area contributed by atoms with E-state index in [0.29, 0.717) is 18.1 Å². The lowest BCUT2D eigenvalue weighted by atomic mass is 10.3. The maximum atomic E-state index is 11.9. The monoisotopic (exact) mass is 288 g/mol. The van der Waals surface area contributed by atoms with Gasteiger partial charge in [-0.1, -0.05) is 5.92 Å². The third-order valence-corrected chi connectivity index (χ3v) is 4.53. The van der Waals surface area contributed by atoms with E-state index in [1.165, 1.54) is 16.7 Å². The van der Waals surface area contributed by atoms with E-state index in [9.17, 15) is 9.59 Å². The molecule has 0 aromatic carbocycles. The maximum absolute atomic E-state index is 11.9. The highest BCUT2D eigenvalue weighted by Crippen LogP contribution is 2.28. The van der Waals surface area contributed by atoms with Crippen LogP contribution in [-0.4, -0.2) is 57.2 Å². The standard InChI is InChI=1S/C11H16N2O3S2/c1-3-5-17-6-4-12-11(16)13-8(2)18-7-9(13)10(14)15/h1,8-9H,4-7H2,2H3,(H,12,16)(H,14,15). The number of hydrogen-bond donors (Lipinski definition) is 2. The van der Waals surface area contributed by atoms with Gasteiger partial charge in [-0.25, -0.2) is 9.59 Å². The molecule has 1 rings (SSSR count). The van der Waals surface area contributed by atoms with Crippen LogP contribution in [0.1, 0.15) is 6.92 Å². The summed E-state index contributed by atoms with van der Waals surface area (Å²) in [5.74, 6) is 3.32. The van der Waals surface area contributed by atoms with Crippen molar-refractivity contribution in [1.29, 1.82) is 0 Å². The Morgan fingerprint density at radius 3 is 3.00 bits per heavy atom. The second-order valence-electron chi connectivity index (χ2n) is 3.68. The zero-order valence-corrected chi connectivity index (χ0v) is 11.7. The number of carboxylic acid groups (broad SMARTS) is 1. The minimum Gasteiger partial charge on any atom is -0.480 e. The number of thioether (sulfide) groups is 2. The van der Waals surface area contributed by atoms with E-state index in [2.05, 4.69) is 11.2 Å². The molecule has 0 spiro atoms. The maximum Gasteiger partial charge on any atom is 0.327 e. The zero-order chi connectivity index (χ0) is 13.5. The highest BCUT2D eigenvalue weighted by atomic mass is 32.2. The van der Waals surface area contributed by atoms with Crippen molar-refractivity contribution in [2.75, 3.05) is 23.8 Å². The normalized spacial score (nSPS) is 22.6. The smallest absolute Gasteiger partial charge is 0.327 e. The lowest BCUT2D eigenvalue weighted by molar-refractivity contribution is -0.141. The molecule has 0 aromatic heterocycles. The van der Waals surface area contributed by atoms with Gasteiger partial charge in [0.25, 0.3) is 0 Å². The Morgan fingerprint density at radius 2 is 2.39 bits per heavy atom. The molecule has 0 saturated carbocycles. The first kappa shape index (κ1) is 15.1. The number of nitrogens with one attached hydrogen (secondary N) is 1. The molecule has 0 aromatic rings. The fraction of sp³-hybridized carbons (Fsp3) is 0.636. The summed E-state index contributed by atoms with van der Waals surface area (Å²) < 4.78 is 0. The fourth-order valence-corrected chi connectivity index (χ4v) is 3.27. The Bertz CT molecular complexity index is 357. The summed E-state index contributed by atoms with van der Waals surface area (Å²) in [6.45, 7) is 2.33. The summed E-state index contributed by atoms with van der Waals surface area (Å²) in [6, 6.07) is -1.05. The molecular weight excluding hydrogens is 272 g/mol.